The molecule has 0 aliphatic heterocycles. The molecule has 0 amide bonds. The minimum absolute atomic E-state index is 0.675. The Balaban J connectivity index is 3.56. The fourth-order valence-electron chi connectivity index (χ4n) is 2.28. The highest BCUT2D eigenvalue weighted by atomic mass is 16.5. The Hall–Kier alpha value is -1.55. The molecule has 0 bridgehead atoms. The van der Waals surface area contributed by atoms with E-state index in [0.717, 1.165) is 22.3 Å². The van der Waals surface area contributed by atoms with E-state index in [2.05, 4.69) is 0 Å². The Morgan fingerprint density at radius 3 is 2.22 bits per heavy atom. The van der Waals surface area contributed by atoms with Crippen molar-refractivity contribution < 1.29 is 14.6 Å². The maximum absolute atomic E-state index is 11.5. The van der Waals surface area contributed by atoms with Crippen molar-refractivity contribution in [2.45, 2.75) is 26.8 Å². The van der Waals surface area contributed by atoms with Crippen LogP contribution < -0.4 is 4.74 Å². The lowest BCUT2D eigenvalue weighted by Gasteiger charge is -2.26. The van der Waals surface area contributed by atoms with Gasteiger partial charge in [-0.15, -0.1) is 0 Å². The third-order valence-corrected chi connectivity index (χ3v) is 3.26. The predicted molar refractivity (Wildman–Crippen MR) is 71.3 cm³/mol. The van der Waals surface area contributed by atoms with Crippen LogP contribution in [0.3, 0.4) is 0 Å². The minimum atomic E-state index is -0.871. The van der Waals surface area contributed by atoms with Crippen LogP contribution in [0.5, 0.6) is 5.75 Å². The molecule has 0 radical (unpaired) electrons. The zero-order valence-corrected chi connectivity index (χ0v) is 11.9. The van der Waals surface area contributed by atoms with E-state index in [1.807, 2.05) is 26.8 Å². The molecule has 0 saturated heterocycles. The van der Waals surface area contributed by atoms with Gasteiger partial charge in [0.25, 0.3) is 0 Å². The van der Waals surface area contributed by atoms with Crippen LogP contribution in [0.15, 0.2) is 6.07 Å². The number of rotatable bonds is 4. The highest BCUT2D eigenvalue weighted by molar-refractivity contribution is 5.78. The summed E-state index contributed by atoms with van der Waals surface area (Å²) in [6, 6.07) is 1.31. The highest BCUT2D eigenvalue weighted by Gasteiger charge is 2.28. The smallest absolute Gasteiger partial charge is 0.325 e. The summed E-state index contributed by atoms with van der Waals surface area (Å²) in [7, 11) is 5.10. The van der Waals surface area contributed by atoms with E-state index in [1.54, 1.807) is 26.1 Å². The Morgan fingerprint density at radius 2 is 1.83 bits per heavy atom. The van der Waals surface area contributed by atoms with Gasteiger partial charge in [-0.05, 0) is 51.6 Å². The van der Waals surface area contributed by atoms with Gasteiger partial charge < -0.3 is 9.84 Å². The van der Waals surface area contributed by atoms with Gasteiger partial charge in [-0.1, -0.05) is 6.07 Å². The van der Waals surface area contributed by atoms with Gasteiger partial charge in [0.1, 0.15) is 11.8 Å². The maximum atomic E-state index is 11.5. The molecule has 0 spiro atoms. The molecular weight excluding hydrogens is 230 g/mol. The van der Waals surface area contributed by atoms with Crippen LogP contribution in [-0.2, 0) is 4.79 Å². The molecule has 0 aliphatic carbocycles. The molecule has 100 valence electrons. The van der Waals surface area contributed by atoms with Crippen molar-refractivity contribution >= 4 is 5.97 Å². The number of ether oxygens (including phenoxy) is 1. The minimum Gasteiger partial charge on any atom is -0.496 e. The van der Waals surface area contributed by atoms with E-state index in [0.29, 0.717) is 5.75 Å². The number of carbonyl (C=O) groups is 1. The lowest BCUT2D eigenvalue weighted by molar-refractivity contribution is -0.142. The van der Waals surface area contributed by atoms with E-state index in [4.69, 9.17) is 4.74 Å². The van der Waals surface area contributed by atoms with Crippen LogP contribution in [0.2, 0.25) is 0 Å². The lowest BCUT2D eigenvalue weighted by Crippen LogP contribution is -2.28. The molecule has 0 aliphatic rings. The highest BCUT2D eigenvalue weighted by Crippen LogP contribution is 2.36. The first-order valence-electron chi connectivity index (χ1n) is 5.85. The van der Waals surface area contributed by atoms with E-state index in [9.17, 15) is 9.90 Å². The van der Waals surface area contributed by atoms with E-state index >= 15 is 0 Å². The molecule has 1 aromatic rings. The summed E-state index contributed by atoms with van der Waals surface area (Å²) >= 11 is 0. The van der Waals surface area contributed by atoms with Crippen LogP contribution in [0, 0.1) is 20.8 Å². The summed E-state index contributed by atoms with van der Waals surface area (Å²) in [5.41, 5.74) is 3.77. The zero-order valence-electron chi connectivity index (χ0n) is 11.9. The summed E-state index contributed by atoms with van der Waals surface area (Å²) in [5, 5.41) is 9.40. The Labute approximate surface area is 108 Å². The number of hydrogen-bond donors (Lipinski definition) is 1. The van der Waals surface area contributed by atoms with Gasteiger partial charge in [-0.2, -0.15) is 0 Å². The van der Waals surface area contributed by atoms with Crippen LogP contribution >= 0.6 is 0 Å². The Kier molecular flexibility index (Phi) is 4.35. The Bertz CT molecular complexity index is 467. The number of benzene rings is 1. The van der Waals surface area contributed by atoms with Crippen molar-refractivity contribution in [2.75, 3.05) is 21.2 Å². The molecule has 4 nitrogen and oxygen atoms in total. The first kappa shape index (κ1) is 14.5. The van der Waals surface area contributed by atoms with Crippen LogP contribution in [0.1, 0.15) is 28.3 Å². The molecule has 0 saturated carbocycles. The van der Waals surface area contributed by atoms with Crippen molar-refractivity contribution in [3.63, 3.8) is 0 Å². The standard InChI is InChI=1S/C14H21NO3/c1-8-7-9(2)11(13(18-6)10(8)3)12(14(16)17)15(4)5/h7,12H,1-6H3,(H,16,17). The van der Waals surface area contributed by atoms with Crippen LogP contribution in [0.25, 0.3) is 0 Å². The molecule has 18 heavy (non-hydrogen) atoms. The average molecular weight is 251 g/mol. The SMILES string of the molecule is COc1c(C)c(C)cc(C)c1C(C(=O)O)N(C)C. The van der Waals surface area contributed by atoms with Gasteiger partial charge in [0.15, 0.2) is 0 Å². The summed E-state index contributed by atoms with van der Waals surface area (Å²) in [6.07, 6.45) is 0. The number of methoxy groups -OCH3 is 1. The molecular formula is C14H21NO3. The lowest BCUT2D eigenvalue weighted by atomic mass is 9.93. The predicted octanol–water partition coefficient (Wildman–Crippen LogP) is 2.31. The molecule has 1 atom stereocenters. The van der Waals surface area contributed by atoms with Gasteiger partial charge in [0.05, 0.1) is 7.11 Å². The molecule has 0 fully saturated rings. The molecule has 4 heteroatoms. The second-order valence-electron chi connectivity index (χ2n) is 4.79. The molecule has 1 aromatic carbocycles. The molecule has 1 unspecified atom stereocenters. The zero-order chi connectivity index (χ0) is 14.0. The quantitative estimate of drug-likeness (QED) is 0.892. The normalized spacial score (nSPS) is 12.6. The fraction of sp³-hybridized carbons (Fsp3) is 0.500. The number of likely N-dealkylation sites (N-methyl/N-ethyl adjacent to an activating group) is 1. The van der Waals surface area contributed by atoms with Crippen LogP contribution in [-0.4, -0.2) is 37.2 Å². The number of aryl methyl sites for hydroxylation is 2. The first-order chi connectivity index (χ1) is 8.31. The van der Waals surface area contributed by atoms with Gasteiger partial charge >= 0.3 is 5.97 Å². The largest absolute Gasteiger partial charge is 0.496 e. The van der Waals surface area contributed by atoms with Crippen molar-refractivity contribution in [1.82, 2.24) is 4.90 Å². The van der Waals surface area contributed by atoms with Crippen LogP contribution in [0.4, 0.5) is 0 Å². The Morgan fingerprint density at radius 1 is 1.28 bits per heavy atom. The monoisotopic (exact) mass is 251 g/mol. The summed E-state index contributed by atoms with van der Waals surface area (Å²) in [5.74, 6) is -0.196. The number of carboxylic acids is 1. The number of hydrogen-bond acceptors (Lipinski definition) is 3. The summed E-state index contributed by atoms with van der Waals surface area (Å²) in [6.45, 7) is 5.87. The number of nitrogens with zero attached hydrogens (tertiary/aromatic N) is 1. The van der Waals surface area contributed by atoms with Crippen molar-refractivity contribution in [3.8, 4) is 5.75 Å². The second kappa shape index (κ2) is 5.40. The third kappa shape index (κ3) is 2.48. The number of carboxylic acid groups (broad SMARTS) is 1. The first-order valence-corrected chi connectivity index (χ1v) is 5.85. The van der Waals surface area contributed by atoms with Gasteiger partial charge in [-0.3, -0.25) is 9.69 Å². The number of aliphatic carboxylic acids is 1. The molecule has 0 aromatic heterocycles. The third-order valence-electron chi connectivity index (χ3n) is 3.26. The second-order valence-corrected chi connectivity index (χ2v) is 4.79. The molecule has 1 rings (SSSR count). The van der Waals surface area contributed by atoms with Crippen molar-refractivity contribution in [3.05, 3.63) is 28.3 Å². The summed E-state index contributed by atoms with van der Waals surface area (Å²) < 4.78 is 5.43. The van der Waals surface area contributed by atoms with Gasteiger partial charge in [0, 0.05) is 5.56 Å². The van der Waals surface area contributed by atoms with Gasteiger partial charge in [0.2, 0.25) is 0 Å². The van der Waals surface area contributed by atoms with E-state index < -0.39 is 12.0 Å². The average Bonchev–Trinajstić information content (AvgIpc) is 2.25. The van der Waals surface area contributed by atoms with Gasteiger partial charge in [-0.25, -0.2) is 0 Å². The van der Waals surface area contributed by atoms with E-state index in [-0.39, 0.29) is 0 Å². The summed E-state index contributed by atoms with van der Waals surface area (Å²) in [4.78, 5) is 13.1. The fourth-order valence-corrected chi connectivity index (χ4v) is 2.28. The molecule has 0 heterocycles. The van der Waals surface area contributed by atoms with Crippen molar-refractivity contribution in [1.29, 1.82) is 0 Å². The molecule has 1 N–H and O–H groups in total. The maximum Gasteiger partial charge on any atom is 0.325 e. The van der Waals surface area contributed by atoms with E-state index in [1.165, 1.54) is 0 Å². The topological polar surface area (TPSA) is 49.8 Å². The van der Waals surface area contributed by atoms with Crippen molar-refractivity contribution in [2.24, 2.45) is 0 Å².